The number of nitrogens with one attached hydrogen (secondary N) is 1. The van der Waals surface area contributed by atoms with Gasteiger partial charge < -0.3 is 15.2 Å². The summed E-state index contributed by atoms with van der Waals surface area (Å²) in [5.41, 5.74) is 0. The highest BCUT2D eigenvalue weighted by atomic mass is 35.5. The number of benzene rings is 1. The molecule has 0 saturated heterocycles. The van der Waals surface area contributed by atoms with Crippen molar-refractivity contribution in [2.45, 2.75) is 44.2 Å². The Hall–Kier alpha value is -1.26. The van der Waals surface area contributed by atoms with Crippen molar-refractivity contribution in [3.8, 4) is 5.75 Å². The summed E-state index contributed by atoms with van der Waals surface area (Å²) >= 11 is 5.96. The summed E-state index contributed by atoms with van der Waals surface area (Å²) in [6.45, 7) is 0.310. The van der Waals surface area contributed by atoms with Gasteiger partial charge in [-0.1, -0.05) is 23.7 Å². The molecular weight excluding hydrogens is 278 g/mol. The molecular formula is C15H20ClNO3. The molecule has 0 heterocycles. The smallest absolute Gasteiger partial charge is 0.223 e. The van der Waals surface area contributed by atoms with Crippen LogP contribution < -0.4 is 10.1 Å². The topological polar surface area (TPSA) is 58.6 Å². The fraction of sp³-hybridized carbons (Fsp3) is 0.533. The Labute approximate surface area is 124 Å². The number of aliphatic hydroxyl groups is 1. The second-order valence-electron chi connectivity index (χ2n) is 5.10. The first kappa shape index (κ1) is 15.1. The van der Waals surface area contributed by atoms with Crippen molar-refractivity contribution in [3.63, 3.8) is 0 Å². The van der Waals surface area contributed by atoms with Crippen molar-refractivity contribution in [1.29, 1.82) is 0 Å². The lowest BCUT2D eigenvalue weighted by Gasteiger charge is -2.26. The number of rotatable bonds is 5. The summed E-state index contributed by atoms with van der Waals surface area (Å²) in [5.74, 6) is 0.584. The summed E-state index contributed by atoms with van der Waals surface area (Å²) in [5, 5.41) is 12.9. The van der Waals surface area contributed by atoms with E-state index in [0.29, 0.717) is 23.8 Å². The van der Waals surface area contributed by atoms with E-state index in [1.165, 1.54) is 0 Å². The van der Waals surface area contributed by atoms with Gasteiger partial charge in [-0.2, -0.15) is 0 Å². The molecule has 1 aromatic rings. The van der Waals surface area contributed by atoms with E-state index < -0.39 is 0 Å². The quantitative estimate of drug-likeness (QED) is 0.878. The zero-order chi connectivity index (χ0) is 14.4. The number of hydrogen-bond donors (Lipinski definition) is 2. The number of amides is 1. The van der Waals surface area contributed by atoms with Crippen LogP contribution in [0.15, 0.2) is 24.3 Å². The van der Waals surface area contributed by atoms with E-state index in [1.54, 1.807) is 12.1 Å². The van der Waals surface area contributed by atoms with Crippen LogP contribution in [0.3, 0.4) is 0 Å². The van der Waals surface area contributed by atoms with Gasteiger partial charge in [0.05, 0.1) is 24.2 Å². The van der Waals surface area contributed by atoms with Crippen LogP contribution in [0.4, 0.5) is 0 Å². The minimum atomic E-state index is -0.202. The fourth-order valence-corrected chi connectivity index (χ4v) is 2.53. The van der Waals surface area contributed by atoms with Gasteiger partial charge in [0, 0.05) is 6.04 Å². The van der Waals surface area contributed by atoms with Crippen molar-refractivity contribution in [2.75, 3.05) is 6.61 Å². The maximum Gasteiger partial charge on any atom is 0.223 e. The Morgan fingerprint density at radius 2 is 2.00 bits per heavy atom. The first-order valence-corrected chi connectivity index (χ1v) is 7.37. The van der Waals surface area contributed by atoms with Crippen LogP contribution in [0.2, 0.25) is 5.02 Å². The number of carbonyl (C=O) groups is 1. The van der Waals surface area contributed by atoms with Gasteiger partial charge >= 0.3 is 0 Å². The van der Waals surface area contributed by atoms with E-state index >= 15 is 0 Å². The third kappa shape index (κ3) is 4.69. The van der Waals surface area contributed by atoms with Gasteiger partial charge in [-0.15, -0.1) is 0 Å². The Morgan fingerprint density at radius 1 is 1.30 bits per heavy atom. The van der Waals surface area contributed by atoms with Gasteiger partial charge in [-0.3, -0.25) is 4.79 Å². The normalized spacial score (nSPS) is 22.3. The number of ether oxygens (including phenoxy) is 1. The minimum Gasteiger partial charge on any atom is -0.491 e. The van der Waals surface area contributed by atoms with Crippen LogP contribution in [0.25, 0.3) is 0 Å². The van der Waals surface area contributed by atoms with E-state index in [4.69, 9.17) is 16.3 Å². The molecule has 4 nitrogen and oxygen atoms in total. The molecule has 2 rings (SSSR count). The predicted octanol–water partition coefficient (Wildman–Crippen LogP) is 2.53. The molecule has 1 saturated carbocycles. The zero-order valence-corrected chi connectivity index (χ0v) is 12.1. The number of halogens is 1. The van der Waals surface area contributed by atoms with Crippen molar-refractivity contribution in [1.82, 2.24) is 5.32 Å². The van der Waals surface area contributed by atoms with Crippen molar-refractivity contribution in [2.24, 2.45) is 0 Å². The first-order chi connectivity index (χ1) is 9.65. The van der Waals surface area contributed by atoms with E-state index in [1.807, 2.05) is 12.1 Å². The Bertz CT molecular complexity index is 444. The van der Waals surface area contributed by atoms with Crippen LogP contribution in [-0.2, 0) is 4.79 Å². The van der Waals surface area contributed by atoms with Crippen molar-refractivity contribution >= 4 is 17.5 Å². The predicted molar refractivity (Wildman–Crippen MR) is 78.0 cm³/mol. The van der Waals surface area contributed by atoms with Gasteiger partial charge in [0.15, 0.2) is 0 Å². The average molecular weight is 298 g/mol. The summed E-state index contributed by atoms with van der Waals surface area (Å²) in [6.07, 6.45) is 3.33. The highest BCUT2D eigenvalue weighted by Crippen LogP contribution is 2.23. The molecule has 1 aliphatic rings. The molecule has 0 bridgehead atoms. The molecule has 0 radical (unpaired) electrons. The third-order valence-corrected chi connectivity index (χ3v) is 3.80. The highest BCUT2D eigenvalue weighted by molar-refractivity contribution is 6.32. The molecule has 1 aliphatic carbocycles. The van der Waals surface area contributed by atoms with E-state index in [2.05, 4.69) is 5.32 Å². The summed E-state index contributed by atoms with van der Waals surface area (Å²) in [6, 6.07) is 7.40. The molecule has 20 heavy (non-hydrogen) atoms. The second kappa shape index (κ2) is 7.50. The molecule has 1 aromatic carbocycles. The van der Waals surface area contributed by atoms with Crippen molar-refractivity contribution in [3.05, 3.63) is 29.3 Å². The van der Waals surface area contributed by atoms with Gasteiger partial charge in [-0.25, -0.2) is 0 Å². The monoisotopic (exact) mass is 297 g/mol. The largest absolute Gasteiger partial charge is 0.491 e. The van der Waals surface area contributed by atoms with Crippen LogP contribution in [0, 0.1) is 0 Å². The Morgan fingerprint density at radius 3 is 2.70 bits per heavy atom. The Balaban J connectivity index is 1.67. The van der Waals surface area contributed by atoms with E-state index in [0.717, 1.165) is 25.7 Å². The number of aliphatic hydroxyl groups excluding tert-OH is 1. The van der Waals surface area contributed by atoms with Crippen LogP contribution in [-0.4, -0.2) is 29.8 Å². The number of hydrogen-bond acceptors (Lipinski definition) is 3. The lowest BCUT2D eigenvalue weighted by Crippen LogP contribution is -2.39. The molecule has 0 aromatic heterocycles. The number of carbonyl (C=O) groups excluding carboxylic acids is 1. The highest BCUT2D eigenvalue weighted by Gasteiger charge is 2.20. The molecule has 1 fully saturated rings. The molecule has 2 N–H and O–H groups in total. The van der Waals surface area contributed by atoms with Crippen LogP contribution in [0.5, 0.6) is 5.75 Å². The molecule has 0 aliphatic heterocycles. The maximum atomic E-state index is 11.8. The minimum absolute atomic E-state index is 0.0153. The van der Waals surface area contributed by atoms with Gasteiger partial charge in [0.1, 0.15) is 5.75 Å². The van der Waals surface area contributed by atoms with Gasteiger partial charge in [0.2, 0.25) is 5.91 Å². The average Bonchev–Trinajstić information content (AvgIpc) is 2.43. The molecule has 0 atom stereocenters. The molecule has 1 amide bonds. The van der Waals surface area contributed by atoms with Gasteiger partial charge in [0.25, 0.3) is 0 Å². The molecule has 110 valence electrons. The van der Waals surface area contributed by atoms with E-state index in [-0.39, 0.29) is 18.1 Å². The van der Waals surface area contributed by atoms with Crippen LogP contribution in [0.1, 0.15) is 32.1 Å². The second-order valence-corrected chi connectivity index (χ2v) is 5.51. The first-order valence-electron chi connectivity index (χ1n) is 7.00. The lowest BCUT2D eigenvalue weighted by atomic mass is 9.93. The summed E-state index contributed by atoms with van der Waals surface area (Å²) in [7, 11) is 0. The lowest BCUT2D eigenvalue weighted by molar-refractivity contribution is -0.122. The van der Waals surface area contributed by atoms with Crippen LogP contribution >= 0.6 is 11.6 Å². The molecule has 0 spiro atoms. The fourth-order valence-electron chi connectivity index (χ4n) is 2.34. The van der Waals surface area contributed by atoms with Crippen molar-refractivity contribution < 1.29 is 14.6 Å². The van der Waals surface area contributed by atoms with Gasteiger partial charge in [-0.05, 0) is 37.8 Å². The van der Waals surface area contributed by atoms with E-state index in [9.17, 15) is 9.90 Å². The standard InChI is InChI=1S/C15H20ClNO3/c16-13-3-1-2-4-14(13)20-10-9-15(19)17-11-5-7-12(18)8-6-11/h1-4,11-12,18H,5-10H2,(H,17,19). The SMILES string of the molecule is O=C(CCOc1ccccc1Cl)NC1CCC(O)CC1. The maximum absolute atomic E-state index is 11.8. The Kier molecular flexibility index (Phi) is 5.68. The summed E-state index contributed by atoms with van der Waals surface area (Å²) in [4.78, 5) is 11.8. The zero-order valence-electron chi connectivity index (χ0n) is 11.3. The molecule has 5 heteroatoms. The molecule has 0 unspecified atom stereocenters. The third-order valence-electron chi connectivity index (χ3n) is 3.49. The number of para-hydroxylation sites is 1. The summed E-state index contributed by atoms with van der Waals surface area (Å²) < 4.78 is 5.48.